The number of nitrogens with zero attached hydrogens (tertiary/aromatic N) is 4. The highest BCUT2D eigenvalue weighted by atomic mass is 16.3. The number of rotatable bonds is 7. The minimum Gasteiger partial charge on any atom is -0.393 e. The topological polar surface area (TPSA) is 86.2 Å². The van der Waals surface area contributed by atoms with E-state index in [1.165, 1.54) is 5.56 Å². The molecule has 3 N–H and O–H groups in total. The van der Waals surface area contributed by atoms with Gasteiger partial charge in [-0.25, -0.2) is 15.0 Å². The lowest BCUT2D eigenvalue weighted by Crippen LogP contribution is -2.41. The molecule has 1 atom stereocenters. The fourth-order valence-electron chi connectivity index (χ4n) is 5.16. The summed E-state index contributed by atoms with van der Waals surface area (Å²) in [6, 6.07) is 0.824. The monoisotopic (exact) mass is 426 g/mol. The number of aromatic nitrogens is 3. The van der Waals surface area contributed by atoms with E-state index in [-0.39, 0.29) is 6.10 Å². The number of aliphatic hydroxyl groups is 1. The van der Waals surface area contributed by atoms with Crippen LogP contribution in [0.2, 0.25) is 0 Å². The minimum absolute atomic E-state index is 0.164. The number of anilines is 2. The minimum atomic E-state index is -0.164. The van der Waals surface area contributed by atoms with E-state index >= 15 is 0 Å². The van der Waals surface area contributed by atoms with Gasteiger partial charge in [-0.2, -0.15) is 0 Å². The van der Waals surface area contributed by atoms with Gasteiger partial charge in [0.25, 0.3) is 0 Å². The molecule has 2 fully saturated rings. The number of fused-ring (bicyclic) bond motifs is 1. The second-order valence-electron chi connectivity index (χ2n) is 9.42. The van der Waals surface area contributed by atoms with Crippen LogP contribution in [-0.2, 0) is 0 Å². The fourth-order valence-corrected chi connectivity index (χ4v) is 5.16. The summed E-state index contributed by atoms with van der Waals surface area (Å²) in [4.78, 5) is 17.0. The molecule has 0 bridgehead atoms. The van der Waals surface area contributed by atoms with Crippen LogP contribution in [0.15, 0.2) is 12.4 Å². The summed E-state index contributed by atoms with van der Waals surface area (Å²) in [5, 5.41) is 17.9. The third-order valence-electron chi connectivity index (χ3n) is 7.05. The van der Waals surface area contributed by atoms with Gasteiger partial charge in [0.2, 0.25) is 5.95 Å². The van der Waals surface area contributed by atoms with Crippen LogP contribution >= 0.6 is 0 Å². The van der Waals surface area contributed by atoms with Crippen molar-refractivity contribution >= 4 is 22.7 Å². The van der Waals surface area contributed by atoms with Crippen LogP contribution in [0.4, 0.5) is 11.8 Å². The predicted octanol–water partition coefficient (Wildman–Crippen LogP) is 3.83. The van der Waals surface area contributed by atoms with Crippen LogP contribution < -0.4 is 15.5 Å². The molecule has 4 rings (SSSR count). The molecule has 0 amide bonds. The Morgan fingerprint density at radius 3 is 2.58 bits per heavy atom. The molecule has 2 aromatic heterocycles. The van der Waals surface area contributed by atoms with E-state index in [0.717, 1.165) is 81.2 Å². The van der Waals surface area contributed by atoms with Gasteiger partial charge >= 0.3 is 0 Å². The van der Waals surface area contributed by atoms with E-state index in [9.17, 15) is 5.11 Å². The molecule has 2 aliphatic rings. The van der Waals surface area contributed by atoms with Crippen molar-refractivity contribution < 1.29 is 5.11 Å². The molecule has 1 saturated carbocycles. The highest BCUT2D eigenvalue weighted by molar-refractivity contribution is 5.92. The van der Waals surface area contributed by atoms with Gasteiger partial charge in [0.15, 0.2) is 0 Å². The van der Waals surface area contributed by atoms with Gasteiger partial charge in [0.05, 0.1) is 17.0 Å². The maximum absolute atomic E-state index is 9.98. The summed E-state index contributed by atoms with van der Waals surface area (Å²) >= 11 is 0. The second-order valence-corrected chi connectivity index (χ2v) is 9.42. The van der Waals surface area contributed by atoms with E-state index in [1.54, 1.807) is 0 Å². The number of piperidine rings is 1. The Hall–Kier alpha value is -1.99. The zero-order chi connectivity index (χ0) is 21.8. The van der Waals surface area contributed by atoms with Crippen LogP contribution in [0, 0.1) is 0 Å². The average molecular weight is 427 g/mol. The Kier molecular flexibility index (Phi) is 7.23. The molecular weight excluding hydrogens is 388 g/mol. The summed E-state index contributed by atoms with van der Waals surface area (Å²) in [5.74, 6) is 2.08. The van der Waals surface area contributed by atoms with Gasteiger partial charge in [0, 0.05) is 37.1 Å². The van der Waals surface area contributed by atoms with Gasteiger partial charge < -0.3 is 20.6 Å². The van der Waals surface area contributed by atoms with Crippen molar-refractivity contribution in [3.8, 4) is 0 Å². The highest BCUT2D eigenvalue weighted by Crippen LogP contribution is 2.38. The first kappa shape index (κ1) is 22.2. The number of hydrogen-bond acceptors (Lipinski definition) is 7. The maximum Gasteiger partial charge on any atom is 0.223 e. The Morgan fingerprint density at radius 2 is 1.87 bits per heavy atom. The van der Waals surface area contributed by atoms with Gasteiger partial charge in [-0.15, -0.1) is 0 Å². The quantitative estimate of drug-likeness (QED) is 0.620. The van der Waals surface area contributed by atoms with Crippen LogP contribution in [0.25, 0.3) is 10.9 Å². The molecule has 0 radical (unpaired) electrons. The Balaban J connectivity index is 1.71. The molecular formula is C24H38N6O. The Bertz CT molecular complexity index is 861. The first-order valence-corrected chi connectivity index (χ1v) is 12.1. The van der Waals surface area contributed by atoms with Crippen molar-refractivity contribution in [3.63, 3.8) is 0 Å². The van der Waals surface area contributed by atoms with Gasteiger partial charge in [0.1, 0.15) is 5.82 Å². The summed E-state index contributed by atoms with van der Waals surface area (Å²) < 4.78 is 0. The molecule has 1 aliphatic heterocycles. The van der Waals surface area contributed by atoms with Crippen LogP contribution in [0.5, 0.6) is 0 Å². The average Bonchev–Trinajstić information content (AvgIpc) is 2.79. The lowest BCUT2D eigenvalue weighted by Gasteiger charge is -2.33. The smallest absolute Gasteiger partial charge is 0.223 e. The molecule has 1 aliphatic carbocycles. The Labute approximate surface area is 186 Å². The molecule has 7 heteroatoms. The third kappa shape index (κ3) is 5.09. The molecule has 2 aromatic rings. The van der Waals surface area contributed by atoms with E-state index in [2.05, 4.69) is 41.4 Å². The second kappa shape index (κ2) is 10.1. The molecule has 1 unspecified atom stereocenters. The molecule has 0 aromatic carbocycles. The number of pyridine rings is 1. The van der Waals surface area contributed by atoms with Crippen molar-refractivity contribution in [2.45, 2.75) is 89.3 Å². The highest BCUT2D eigenvalue weighted by Gasteiger charge is 2.26. The maximum atomic E-state index is 9.98. The summed E-state index contributed by atoms with van der Waals surface area (Å²) in [5.41, 5.74) is 2.23. The van der Waals surface area contributed by atoms with Gasteiger partial charge in [-0.1, -0.05) is 13.3 Å². The summed E-state index contributed by atoms with van der Waals surface area (Å²) in [6.45, 7) is 6.48. The molecule has 0 spiro atoms. The summed E-state index contributed by atoms with van der Waals surface area (Å²) in [6.07, 6.45) is 12.0. The van der Waals surface area contributed by atoms with E-state index < -0.39 is 0 Å². The molecule has 1 saturated heterocycles. The molecule has 7 nitrogen and oxygen atoms in total. The zero-order valence-corrected chi connectivity index (χ0v) is 19.3. The van der Waals surface area contributed by atoms with Gasteiger partial charge in [-0.05, 0) is 70.9 Å². The lowest BCUT2D eigenvalue weighted by molar-refractivity contribution is 0.122. The van der Waals surface area contributed by atoms with E-state index in [0.29, 0.717) is 23.9 Å². The van der Waals surface area contributed by atoms with Crippen LogP contribution in [0.1, 0.15) is 76.7 Å². The van der Waals surface area contributed by atoms with Crippen molar-refractivity contribution in [2.24, 2.45) is 0 Å². The largest absolute Gasteiger partial charge is 0.393 e. The first-order chi connectivity index (χ1) is 15.1. The Morgan fingerprint density at radius 1 is 1.13 bits per heavy atom. The van der Waals surface area contributed by atoms with E-state index in [1.807, 2.05) is 12.4 Å². The molecule has 170 valence electrons. The van der Waals surface area contributed by atoms with Gasteiger partial charge in [-0.3, -0.25) is 0 Å². The zero-order valence-electron chi connectivity index (χ0n) is 19.3. The van der Waals surface area contributed by atoms with Crippen molar-refractivity contribution in [1.82, 2.24) is 20.3 Å². The predicted molar refractivity (Wildman–Crippen MR) is 127 cm³/mol. The third-order valence-corrected chi connectivity index (χ3v) is 7.05. The molecule has 3 heterocycles. The normalized spacial score (nSPS) is 23.6. The van der Waals surface area contributed by atoms with Crippen LogP contribution in [0.3, 0.4) is 0 Å². The first-order valence-electron chi connectivity index (χ1n) is 12.1. The standard InChI is InChI=1S/C24H38N6O/c1-4-5-16(2)28-24-27-15-21-22(29-24)20(17-6-8-19(31)9-7-17)14-26-23(21)30(3)18-10-12-25-13-11-18/h14-19,25,31H,4-13H2,1-3H3,(H,27,28,29). The van der Waals surface area contributed by atoms with Crippen molar-refractivity contribution in [2.75, 3.05) is 30.4 Å². The van der Waals surface area contributed by atoms with Crippen LogP contribution in [-0.4, -0.2) is 58.4 Å². The fraction of sp³-hybridized carbons (Fsp3) is 0.708. The van der Waals surface area contributed by atoms with Crippen molar-refractivity contribution in [3.05, 3.63) is 18.0 Å². The summed E-state index contributed by atoms with van der Waals surface area (Å²) in [7, 11) is 2.16. The van der Waals surface area contributed by atoms with Crippen molar-refractivity contribution in [1.29, 1.82) is 0 Å². The molecule has 31 heavy (non-hydrogen) atoms. The lowest BCUT2D eigenvalue weighted by atomic mass is 9.82. The van der Waals surface area contributed by atoms with E-state index in [4.69, 9.17) is 9.97 Å². The number of hydrogen-bond donors (Lipinski definition) is 3. The number of nitrogens with one attached hydrogen (secondary N) is 2. The SMILES string of the molecule is CCCC(C)Nc1ncc2c(N(C)C3CCNCC3)ncc(C3CCC(O)CC3)c2n1. The number of aliphatic hydroxyl groups excluding tert-OH is 1.